The molecule has 2 heterocycles. The lowest BCUT2D eigenvalue weighted by molar-refractivity contribution is -0.141. The van der Waals surface area contributed by atoms with Crippen molar-refractivity contribution >= 4 is 25.5 Å². The van der Waals surface area contributed by atoms with Crippen molar-refractivity contribution < 1.29 is 47.2 Å². The van der Waals surface area contributed by atoms with Crippen molar-refractivity contribution in [2.45, 2.75) is 90.6 Å². The number of imide groups is 1. The number of hydrogen-bond donors (Lipinski definition) is 1. The summed E-state index contributed by atoms with van der Waals surface area (Å²) in [6, 6.07) is 7.83. The molecule has 1 aliphatic rings. The first-order valence-corrected chi connectivity index (χ1v) is 17.9. The summed E-state index contributed by atoms with van der Waals surface area (Å²) in [5, 5.41) is 8.93. The first-order valence-electron chi connectivity index (χ1n) is 16.0. The van der Waals surface area contributed by atoms with Crippen molar-refractivity contribution in [2.75, 3.05) is 39.5 Å². The van der Waals surface area contributed by atoms with Gasteiger partial charge in [0.2, 0.25) is 13.2 Å². The van der Waals surface area contributed by atoms with Crippen LogP contribution in [0.4, 0.5) is 14.0 Å². The van der Waals surface area contributed by atoms with Crippen LogP contribution >= 0.6 is 7.37 Å². The summed E-state index contributed by atoms with van der Waals surface area (Å²) in [7, 11) is -2.23. The van der Waals surface area contributed by atoms with Gasteiger partial charge in [-0.1, -0.05) is 6.07 Å². The van der Waals surface area contributed by atoms with E-state index < -0.39 is 47.7 Å². The van der Waals surface area contributed by atoms with E-state index in [-0.39, 0.29) is 51.7 Å². The summed E-state index contributed by atoms with van der Waals surface area (Å²) in [6.07, 6.45) is 0.179. The normalized spacial score (nSPS) is 20.2. The Balaban J connectivity index is 1.86. The number of ether oxygens (including phenoxy) is 3. The number of hydrogen-bond acceptors (Lipinski definition) is 10. The third kappa shape index (κ3) is 9.99. The topological polar surface area (TPSA) is 145 Å². The summed E-state index contributed by atoms with van der Waals surface area (Å²) in [5.74, 6) is -1.32. The molecule has 0 spiro atoms. The summed E-state index contributed by atoms with van der Waals surface area (Å²) < 4.78 is 50.6. The monoisotopic (exact) mass is 693 g/mol. The molecule has 2 atom stereocenters. The van der Waals surface area contributed by atoms with Crippen molar-refractivity contribution in [3.8, 4) is 17.0 Å². The smallest absolute Gasteiger partial charge is 0.419 e. The van der Waals surface area contributed by atoms with Crippen LogP contribution in [0.25, 0.3) is 11.1 Å². The fourth-order valence-corrected chi connectivity index (χ4v) is 8.58. The Bertz CT molecular complexity index is 1480. The van der Waals surface area contributed by atoms with Gasteiger partial charge in [0.15, 0.2) is 5.16 Å². The van der Waals surface area contributed by atoms with Crippen LogP contribution in [0.2, 0.25) is 0 Å². The molecule has 48 heavy (non-hydrogen) atoms. The summed E-state index contributed by atoms with van der Waals surface area (Å²) in [4.78, 5) is 45.9. The highest BCUT2D eigenvalue weighted by atomic mass is 31.2. The second kappa shape index (κ2) is 15.8. The lowest BCUT2D eigenvalue weighted by Crippen LogP contribution is -2.54. The number of carbonyl (C=O) groups is 3. The Kier molecular flexibility index (Phi) is 12.8. The fraction of sp³-hybridized carbons (Fsp3) is 0.588. The molecule has 1 unspecified atom stereocenters. The highest BCUT2D eigenvalue weighted by molar-refractivity contribution is 7.62. The molecule has 1 saturated heterocycles. The molecular weight excluding hydrogens is 644 g/mol. The van der Waals surface area contributed by atoms with E-state index in [2.05, 4.69) is 4.98 Å². The quantitative estimate of drug-likeness (QED) is 0.178. The van der Waals surface area contributed by atoms with E-state index in [1.807, 2.05) is 4.90 Å². The molecule has 1 aliphatic heterocycles. The maximum atomic E-state index is 14.4. The molecule has 3 rings (SSSR count). The van der Waals surface area contributed by atoms with Crippen LogP contribution in [0.15, 0.2) is 36.5 Å². The van der Waals surface area contributed by atoms with Crippen molar-refractivity contribution in [1.82, 2.24) is 14.8 Å². The number of halogens is 1. The van der Waals surface area contributed by atoms with Crippen LogP contribution in [-0.2, 0) is 29.9 Å². The molecule has 1 fully saturated rings. The molecule has 1 N–H and O–H groups in total. The average molecular weight is 694 g/mol. The van der Waals surface area contributed by atoms with Crippen LogP contribution in [0.5, 0.6) is 5.88 Å². The van der Waals surface area contributed by atoms with Gasteiger partial charge in [0, 0.05) is 44.6 Å². The lowest BCUT2D eigenvalue weighted by Gasteiger charge is -2.45. The first kappa shape index (κ1) is 38.9. The van der Waals surface area contributed by atoms with E-state index in [9.17, 15) is 28.4 Å². The van der Waals surface area contributed by atoms with Crippen molar-refractivity contribution in [3.63, 3.8) is 0 Å². The van der Waals surface area contributed by atoms with Crippen molar-refractivity contribution in [3.05, 3.63) is 47.9 Å². The van der Waals surface area contributed by atoms with Gasteiger partial charge in [0.05, 0.1) is 13.7 Å². The second-order valence-corrected chi connectivity index (χ2v) is 16.7. The lowest BCUT2D eigenvalue weighted by atomic mass is 9.97. The number of aromatic nitrogens is 1. The van der Waals surface area contributed by atoms with Crippen molar-refractivity contribution in [2.24, 2.45) is 0 Å². The molecular formula is C34H49FN3O9P. The van der Waals surface area contributed by atoms with Gasteiger partial charge in [0.1, 0.15) is 17.0 Å². The zero-order chi connectivity index (χ0) is 35.9. The van der Waals surface area contributed by atoms with E-state index in [4.69, 9.17) is 18.7 Å². The number of carboxylic acids is 1. The molecule has 1 aromatic carbocycles. The van der Waals surface area contributed by atoms with Gasteiger partial charge >= 0.3 is 18.2 Å². The van der Waals surface area contributed by atoms with E-state index in [0.717, 1.165) is 10.5 Å². The number of amides is 2. The predicted octanol–water partition coefficient (Wildman–Crippen LogP) is 7.19. The SMILES string of the molecule is CCOP1(=O)CCN(Cc2ccc(F)cc2-c2ccnc(OC)c2)C[C@@]1(CCCCN(C(=O)OC(C)(C)C)C(=O)OC(C)(C)C)C(=O)O. The number of nitrogens with zero attached hydrogens (tertiary/aromatic N) is 3. The molecule has 14 heteroatoms. The first-order chi connectivity index (χ1) is 22.3. The fourth-order valence-electron chi connectivity index (χ4n) is 5.61. The van der Waals surface area contributed by atoms with E-state index in [1.54, 1.807) is 72.9 Å². The largest absolute Gasteiger partial charge is 0.481 e. The molecule has 0 bridgehead atoms. The molecule has 0 aliphatic carbocycles. The highest BCUT2D eigenvalue weighted by Crippen LogP contribution is 2.63. The Morgan fingerprint density at radius 2 is 1.69 bits per heavy atom. The molecule has 2 amide bonds. The molecule has 1 aromatic heterocycles. The van der Waals surface area contributed by atoms with Gasteiger partial charge in [-0.15, -0.1) is 0 Å². The molecule has 0 saturated carbocycles. The van der Waals surface area contributed by atoms with Gasteiger partial charge in [-0.2, -0.15) is 0 Å². The van der Waals surface area contributed by atoms with Crippen molar-refractivity contribution in [1.29, 1.82) is 0 Å². The maximum Gasteiger partial charge on any atom is 0.419 e. The number of carboxylic acid groups (broad SMARTS) is 1. The number of benzene rings is 1. The highest BCUT2D eigenvalue weighted by Gasteiger charge is 2.58. The standard InChI is InChI=1S/C34H49FN3O9P/c1-9-45-48(43)19-18-37(22-25-12-13-26(35)21-27(25)24-14-16-36-28(20-24)44-8)23-34(48,29(39)40)15-10-11-17-38(30(41)46-32(2,3)4)31(42)47-33(5,6)7/h12-14,16,20-21H,9-11,15,17-19,22-23H2,1-8H3,(H,39,40)/t34-,48?/m0/s1. The minimum Gasteiger partial charge on any atom is -0.481 e. The Morgan fingerprint density at radius 3 is 2.25 bits per heavy atom. The number of aliphatic carboxylic acids is 1. The summed E-state index contributed by atoms with van der Waals surface area (Å²) in [6.45, 7) is 12.2. The Morgan fingerprint density at radius 1 is 1.04 bits per heavy atom. The number of unbranched alkanes of at least 4 members (excludes halogenated alkanes) is 1. The number of methoxy groups -OCH3 is 1. The molecule has 12 nitrogen and oxygen atoms in total. The summed E-state index contributed by atoms with van der Waals surface area (Å²) in [5.41, 5.74) is 0.280. The third-order valence-corrected chi connectivity index (χ3v) is 11.1. The molecule has 0 radical (unpaired) electrons. The van der Waals surface area contributed by atoms with E-state index in [0.29, 0.717) is 23.6 Å². The summed E-state index contributed by atoms with van der Waals surface area (Å²) >= 11 is 0. The zero-order valence-electron chi connectivity index (χ0n) is 29.2. The zero-order valence-corrected chi connectivity index (χ0v) is 30.1. The average Bonchev–Trinajstić information content (AvgIpc) is 2.97. The van der Waals surface area contributed by atoms with Gasteiger partial charge in [-0.25, -0.2) is 23.9 Å². The maximum absolute atomic E-state index is 14.4. The van der Waals surface area contributed by atoms with Crippen LogP contribution in [0.1, 0.15) is 73.3 Å². The molecule has 266 valence electrons. The van der Waals surface area contributed by atoms with E-state index >= 15 is 0 Å². The molecule has 2 aromatic rings. The number of rotatable bonds is 12. The van der Waals surface area contributed by atoms with Gasteiger partial charge < -0.3 is 23.8 Å². The van der Waals surface area contributed by atoms with Gasteiger partial charge in [0.25, 0.3) is 0 Å². The predicted molar refractivity (Wildman–Crippen MR) is 179 cm³/mol. The van der Waals surface area contributed by atoms with E-state index in [1.165, 1.54) is 19.2 Å². The van der Waals surface area contributed by atoms with Gasteiger partial charge in [-0.05, 0) is 103 Å². The Hall–Kier alpha value is -3.54. The Labute approximate surface area is 282 Å². The number of carbonyl (C=O) groups excluding carboxylic acids is 2. The van der Waals surface area contributed by atoms with Crippen LogP contribution in [0, 0.1) is 5.82 Å². The second-order valence-electron chi connectivity index (χ2n) is 13.8. The van der Waals surface area contributed by atoms with Gasteiger partial charge in [-0.3, -0.25) is 14.3 Å². The van der Waals surface area contributed by atoms with Crippen LogP contribution in [0.3, 0.4) is 0 Å². The number of pyridine rings is 1. The minimum atomic E-state index is -3.72. The minimum absolute atomic E-state index is 0.00862. The van der Waals surface area contributed by atoms with Crippen LogP contribution < -0.4 is 4.74 Å². The van der Waals surface area contributed by atoms with Crippen LogP contribution in [-0.4, -0.2) is 93.9 Å². The third-order valence-electron chi connectivity index (χ3n) is 7.75.